The van der Waals surface area contributed by atoms with Crippen molar-refractivity contribution in [1.82, 2.24) is 0 Å². The molecule has 2 nitrogen and oxygen atoms in total. The van der Waals surface area contributed by atoms with Crippen molar-refractivity contribution in [2.24, 2.45) is 11.3 Å². The van der Waals surface area contributed by atoms with Gasteiger partial charge in [0.05, 0.1) is 0 Å². The maximum absolute atomic E-state index is 11.5. The van der Waals surface area contributed by atoms with E-state index in [1.807, 2.05) is 6.92 Å². The first-order valence-corrected chi connectivity index (χ1v) is 4.68. The Morgan fingerprint density at radius 3 is 2.83 bits per heavy atom. The van der Waals surface area contributed by atoms with Crippen LogP contribution in [-0.2, 0) is 9.59 Å². The van der Waals surface area contributed by atoms with Crippen LogP contribution >= 0.6 is 0 Å². The van der Waals surface area contributed by atoms with Gasteiger partial charge in [-0.2, -0.15) is 0 Å². The third-order valence-electron chi connectivity index (χ3n) is 3.66. The van der Waals surface area contributed by atoms with Crippen molar-refractivity contribution in [1.29, 1.82) is 0 Å². The van der Waals surface area contributed by atoms with Crippen LogP contribution < -0.4 is 0 Å². The molecule has 2 aliphatic rings. The highest BCUT2D eigenvalue weighted by molar-refractivity contribution is 5.91. The quantitative estimate of drug-likeness (QED) is 0.549. The average molecular weight is 166 g/mol. The number of hydrogen-bond donors (Lipinski definition) is 0. The summed E-state index contributed by atoms with van der Waals surface area (Å²) in [5.41, 5.74) is -0.131. The number of rotatable bonds is 0. The fourth-order valence-corrected chi connectivity index (χ4v) is 2.58. The van der Waals surface area contributed by atoms with Crippen LogP contribution in [0, 0.1) is 11.3 Å². The van der Waals surface area contributed by atoms with Crippen LogP contribution in [0.2, 0.25) is 0 Å². The van der Waals surface area contributed by atoms with Crippen LogP contribution in [-0.4, -0.2) is 11.6 Å². The molecule has 0 amide bonds. The zero-order valence-corrected chi connectivity index (χ0v) is 7.43. The Labute approximate surface area is 72.3 Å². The molecule has 0 spiro atoms. The number of ketones is 2. The summed E-state index contributed by atoms with van der Waals surface area (Å²) in [4.78, 5) is 22.7. The molecule has 0 aliphatic heterocycles. The number of carbonyl (C=O) groups is 2. The second-order valence-corrected chi connectivity index (χ2v) is 4.32. The second kappa shape index (κ2) is 2.41. The minimum atomic E-state index is -0.131. The van der Waals surface area contributed by atoms with E-state index in [2.05, 4.69) is 0 Å². The molecule has 0 aromatic carbocycles. The Morgan fingerprint density at radius 1 is 1.33 bits per heavy atom. The van der Waals surface area contributed by atoms with Gasteiger partial charge in [0.2, 0.25) is 0 Å². The smallest absolute Gasteiger partial charge is 0.139 e. The zero-order valence-electron chi connectivity index (χ0n) is 7.43. The molecular weight excluding hydrogens is 152 g/mol. The summed E-state index contributed by atoms with van der Waals surface area (Å²) in [6.45, 7) is 2.04. The molecule has 0 N–H and O–H groups in total. The lowest BCUT2D eigenvalue weighted by molar-refractivity contribution is -0.131. The van der Waals surface area contributed by atoms with Crippen molar-refractivity contribution in [2.45, 2.75) is 39.0 Å². The summed E-state index contributed by atoms with van der Waals surface area (Å²) in [6, 6.07) is 0. The molecule has 2 aliphatic carbocycles. The lowest BCUT2D eigenvalue weighted by Crippen LogP contribution is -2.35. The highest BCUT2D eigenvalue weighted by Crippen LogP contribution is 2.48. The maximum atomic E-state index is 11.5. The summed E-state index contributed by atoms with van der Waals surface area (Å²) < 4.78 is 0. The van der Waals surface area contributed by atoms with Crippen molar-refractivity contribution in [3.63, 3.8) is 0 Å². The van der Waals surface area contributed by atoms with Gasteiger partial charge >= 0.3 is 0 Å². The summed E-state index contributed by atoms with van der Waals surface area (Å²) in [7, 11) is 0. The molecule has 2 atom stereocenters. The van der Waals surface area contributed by atoms with Gasteiger partial charge in [-0.15, -0.1) is 0 Å². The highest BCUT2D eigenvalue weighted by Gasteiger charge is 2.48. The minimum Gasteiger partial charge on any atom is -0.300 e. The van der Waals surface area contributed by atoms with Gasteiger partial charge in [0.1, 0.15) is 11.6 Å². The van der Waals surface area contributed by atoms with E-state index < -0.39 is 0 Å². The van der Waals surface area contributed by atoms with Crippen LogP contribution in [0.5, 0.6) is 0 Å². The molecule has 0 aromatic rings. The van der Waals surface area contributed by atoms with E-state index in [4.69, 9.17) is 0 Å². The Morgan fingerprint density at radius 2 is 2.08 bits per heavy atom. The third-order valence-corrected chi connectivity index (χ3v) is 3.66. The van der Waals surface area contributed by atoms with Crippen molar-refractivity contribution in [2.75, 3.05) is 0 Å². The average Bonchev–Trinajstić information content (AvgIpc) is 2.31. The largest absolute Gasteiger partial charge is 0.300 e. The molecule has 0 unspecified atom stereocenters. The molecule has 0 bridgehead atoms. The Balaban J connectivity index is 2.24. The molecule has 2 rings (SSSR count). The van der Waals surface area contributed by atoms with E-state index in [0.717, 1.165) is 12.8 Å². The van der Waals surface area contributed by atoms with Crippen LogP contribution in [0.15, 0.2) is 0 Å². The SMILES string of the molecule is C[C@@]12CCC(=O)C[C@H]1CCC2=O. The Bertz CT molecular complexity index is 244. The normalized spacial score (nSPS) is 41.6. The maximum Gasteiger partial charge on any atom is 0.139 e. The van der Waals surface area contributed by atoms with Crippen molar-refractivity contribution in [3.05, 3.63) is 0 Å². The molecular formula is C10H14O2. The van der Waals surface area contributed by atoms with Gasteiger partial charge in [-0.25, -0.2) is 0 Å². The van der Waals surface area contributed by atoms with E-state index in [9.17, 15) is 9.59 Å². The molecule has 0 aromatic heterocycles. The first kappa shape index (κ1) is 7.96. The van der Waals surface area contributed by atoms with Gasteiger partial charge in [0.25, 0.3) is 0 Å². The molecule has 2 saturated carbocycles. The molecule has 0 radical (unpaired) electrons. The summed E-state index contributed by atoms with van der Waals surface area (Å²) in [5.74, 6) is 1.11. The van der Waals surface area contributed by atoms with Crippen LogP contribution in [0.4, 0.5) is 0 Å². The predicted molar refractivity (Wildman–Crippen MR) is 44.7 cm³/mol. The van der Waals surface area contributed by atoms with Gasteiger partial charge in [0.15, 0.2) is 0 Å². The van der Waals surface area contributed by atoms with Crippen molar-refractivity contribution >= 4 is 11.6 Å². The monoisotopic (exact) mass is 166 g/mol. The topological polar surface area (TPSA) is 34.1 Å². The fourth-order valence-electron chi connectivity index (χ4n) is 2.58. The molecule has 66 valence electrons. The standard InChI is InChI=1S/C10H14O2/c1-10-5-4-8(11)6-7(10)2-3-9(10)12/h7H,2-6H2,1H3/t7-,10-/m1/s1. The van der Waals surface area contributed by atoms with Crippen LogP contribution in [0.1, 0.15) is 39.0 Å². The molecule has 0 heterocycles. The summed E-state index contributed by atoms with van der Waals surface area (Å²) in [6.07, 6.45) is 3.73. The zero-order chi connectivity index (χ0) is 8.77. The van der Waals surface area contributed by atoms with Crippen LogP contribution in [0.25, 0.3) is 0 Å². The van der Waals surface area contributed by atoms with Crippen LogP contribution in [0.3, 0.4) is 0 Å². The minimum absolute atomic E-state index is 0.131. The Kier molecular flexibility index (Phi) is 1.60. The highest BCUT2D eigenvalue weighted by atomic mass is 16.1. The van der Waals surface area contributed by atoms with E-state index >= 15 is 0 Å². The van der Waals surface area contributed by atoms with E-state index in [0.29, 0.717) is 36.7 Å². The van der Waals surface area contributed by atoms with E-state index in [1.54, 1.807) is 0 Å². The third kappa shape index (κ3) is 0.936. The summed E-state index contributed by atoms with van der Waals surface area (Å²) >= 11 is 0. The van der Waals surface area contributed by atoms with Gasteiger partial charge in [-0.1, -0.05) is 6.92 Å². The van der Waals surface area contributed by atoms with Gasteiger partial charge in [-0.05, 0) is 18.8 Å². The summed E-state index contributed by atoms with van der Waals surface area (Å²) in [5, 5.41) is 0. The fraction of sp³-hybridized carbons (Fsp3) is 0.800. The van der Waals surface area contributed by atoms with Gasteiger partial charge in [-0.3, -0.25) is 9.59 Å². The first-order chi connectivity index (χ1) is 5.63. The molecule has 12 heavy (non-hydrogen) atoms. The predicted octanol–water partition coefficient (Wildman–Crippen LogP) is 1.72. The number of hydrogen-bond acceptors (Lipinski definition) is 2. The Hall–Kier alpha value is -0.660. The van der Waals surface area contributed by atoms with E-state index in [1.165, 1.54) is 0 Å². The van der Waals surface area contributed by atoms with Crippen molar-refractivity contribution < 1.29 is 9.59 Å². The molecule has 0 saturated heterocycles. The lowest BCUT2D eigenvalue weighted by atomic mass is 9.69. The van der Waals surface area contributed by atoms with Crippen molar-refractivity contribution in [3.8, 4) is 0 Å². The second-order valence-electron chi connectivity index (χ2n) is 4.32. The van der Waals surface area contributed by atoms with Gasteiger partial charge < -0.3 is 0 Å². The number of Topliss-reactive ketones (excluding diaryl/α,β-unsaturated/α-hetero) is 2. The number of fused-ring (bicyclic) bond motifs is 1. The molecule has 2 fully saturated rings. The first-order valence-electron chi connectivity index (χ1n) is 4.68. The van der Waals surface area contributed by atoms with E-state index in [-0.39, 0.29) is 5.41 Å². The molecule has 2 heteroatoms. The number of carbonyl (C=O) groups excluding carboxylic acids is 2. The van der Waals surface area contributed by atoms with Gasteiger partial charge in [0, 0.05) is 24.7 Å². The lowest BCUT2D eigenvalue weighted by Gasteiger charge is -2.33.